The van der Waals surface area contributed by atoms with Gasteiger partial charge in [-0.25, -0.2) is 13.2 Å². The number of benzene rings is 2. The third kappa shape index (κ3) is 4.85. The Hall–Kier alpha value is -3.39. The SMILES string of the molecule is COc1ccc(C(=O)O)cc1S(=O)(=O)N1CCN(c2ccc(C(F)(F)F)cc2[N+](=O)[O-])CC1. The van der Waals surface area contributed by atoms with Crippen LogP contribution in [0.5, 0.6) is 5.75 Å². The second-order valence-electron chi connectivity index (χ2n) is 7.02. The molecular formula is C19H18F3N3O7S. The Morgan fingerprint density at radius 2 is 1.76 bits per heavy atom. The zero-order valence-electron chi connectivity index (χ0n) is 17.1. The van der Waals surface area contributed by atoms with Crippen LogP contribution in [0.15, 0.2) is 41.3 Å². The van der Waals surface area contributed by atoms with Gasteiger partial charge in [0.05, 0.1) is 23.2 Å². The number of ether oxygens (including phenoxy) is 1. The second kappa shape index (κ2) is 8.86. The molecule has 0 aromatic heterocycles. The standard InChI is InChI=1S/C19H18F3N3O7S/c1-32-16-5-2-12(18(26)27)10-17(16)33(30,31)24-8-6-23(7-9-24)14-4-3-13(19(20,21)22)11-15(14)25(28)29/h2-5,10-11H,6-9H2,1H3,(H,26,27). The molecule has 0 spiro atoms. The zero-order chi connectivity index (χ0) is 24.6. The lowest BCUT2D eigenvalue weighted by molar-refractivity contribution is -0.384. The van der Waals surface area contributed by atoms with E-state index in [1.807, 2.05) is 0 Å². The monoisotopic (exact) mass is 489 g/mol. The summed E-state index contributed by atoms with van der Waals surface area (Å²) in [6, 6.07) is 5.56. The Bertz CT molecular complexity index is 1190. The third-order valence-corrected chi connectivity index (χ3v) is 7.03. The molecule has 1 N–H and O–H groups in total. The Balaban J connectivity index is 1.87. The first kappa shape index (κ1) is 24.3. The van der Waals surface area contributed by atoms with Gasteiger partial charge in [-0.15, -0.1) is 0 Å². The van der Waals surface area contributed by atoms with Crippen molar-refractivity contribution in [2.24, 2.45) is 0 Å². The van der Waals surface area contributed by atoms with E-state index in [2.05, 4.69) is 0 Å². The molecule has 1 fully saturated rings. The quantitative estimate of drug-likeness (QED) is 0.484. The Labute approximate surface area is 186 Å². The molecule has 1 aliphatic heterocycles. The highest BCUT2D eigenvalue weighted by molar-refractivity contribution is 7.89. The lowest BCUT2D eigenvalue weighted by Crippen LogP contribution is -2.48. The number of hydrogen-bond donors (Lipinski definition) is 1. The molecule has 3 rings (SSSR count). The van der Waals surface area contributed by atoms with E-state index in [0.717, 1.165) is 22.5 Å². The highest BCUT2D eigenvalue weighted by Crippen LogP contribution is 2.37. The molecule has 0 aliphatic carbocycles. The summed E-state index contributed by atoms with van der Waals surface area (Å²) >= 11 is 0. The van der Waals surface area contributed by atoms with Crippen LogP contribution in [0.4, 0.5) is 24.5 Å². The first-order valence-corrected chi connectivity index (χ1v) is 10.8. The predicted molar refractivity (Wildman–Crippen MR) is 109 cm³/mol. The molecule has 2 aromatic carbocycles. The van der Waals surface area contributed by atoms with Crippen LogP contribution >= 0.6 is 0 Å². The molecule has 0 bridgehead atoms. The molecule has 33 heavy (non-hydrogen) atoms. The summed E-state index contributed by atoms with van der Waals surface area (Å²) in [4.78, 5) is 22.8. The Kier molecular flexibility index (Phi) is 6.51. The fourth-order valence-electron chi connectivity index (χ4n) is 3.43. The second-order valence-corrected chi connectivity index (χ2v) is 8.93. The van der Waals surface area contributed by atoms with E-state index in [0.29, 0.717) is 6.07 Å². The lowest BCUT2D eigenvalue weighted by Gasteiger charge is -2.35. The van der Waals surface area contributed by atoms with Crippen LogP contribution in [0.2, 0.25) is 0 Å². The van der Waals surface area contributed by atoms with Gasteiger partial charge in [-0.3, -0.25) is 10.1 Å². The van der Waals surface area contributed by atoms with Crippen molar-refractivity contribution >= 4 is 27.4 Å². The minimum atomic E-state index is -4.75. The van der Waals surface area contributed by atoms with Crippen molar-refractivity contribution in [1.29, 1.82) is 0 Å². The lowest BCUT2D eigenvalue weighted by atomic mass is 10.1. The number of anilines is 1. The van der Waals surface area contributed by atoms with E-state index in [-0.39, 0.29) is 48.1 Å². The van der Waals surface area contributed by atoms with Gasteiger partial charge in [0, 0.05) is 32.2 Å². The number of nitrogens with zero attached hydrogens (tertiary/aromatic N) is 3. The van der Waals surface area contributed by atoms with Gasteiger partial charge in [-0.05, 0) is 30.3 Å². The molecule has 1 aliphatic rings. The van der Waals surface area contributed by atoms with Crippen molar-refractivity contribution in [1.82, 2.24) is 4.31 Å². The van der Waals surface area contributed by atoms with Gasteiger partial charge in [-0.2, -0.15) is 17.5 Å². The number of rotatable bonds is 6. The topological polar surface area (TPSA) is 130 Å². The van der Waals surface area contributed by atoms with Crippen molar-refractivity contribution in [3.05, 3.63) is 57.6 Å². The van der Waals surface area contributed by atoms with E-state index in [1.54, 1.807) is 0 Å². The van der Waals surface area contributed by atoms with Crippen LogP contribution < -0.4 is 9.64 Å². The fraction of sp³-hybridized carbons (Fsp3) is 0.316. The third-order valence-electron chi connectivity index (χ3n) is 5.11. The number of carbonyl (C=O) groups is 1. The Morgan fingerprint density at radius 1 is 1.12 bits per heavy atom. The van der Waals surface area contributed by atoms with Gasteiger partial charge >= 0.3 is 12.1 Å². The van der Waals surface area contributed by atoms with Crippen molar-refractivity contribution in [3.8, 4) is 5.75 Å². The number of carboxylic acids is 1. The molecule has 2 aromatic rings. The molecule has 0 amide bonds. The minimum Gasteiger partial charge on any atom is -0.495 e. The maximum Gasteiger partial charge on any atom is 0.416 e. The summed E-state index contributed by atoms with van der Waals surface area (Å²) in [5.41, 5.74) is -2.22. The number of piperazine rings is 1. The van der Waals surface area contributed by atoms with Gasteiger partial charge < -0.3 is 14.7 Å². The molecule has 1 saturated heterocycles. The highest BCUT2D eigenvalue weighted by Gasteiger charge is 2.36. The highest BCUT2D eigenvalue weighted by atomic mass is 32.2. The van der Waals surface area contributed by atoms with Crippen LogP contribution in [-0.2, 0) is 16.2 Å². The van der Waals surface area contributed by atoms with Crippen LogP contribution in [0.1, 0.15) is 15.9 Å². The van der Waals surface area contributed by atoms with E-state index in [4.69, 9.17) is 9.84 Å². The first-order valence-electron chi connectivity index (χ1n) is 9.38. The average molecular weight is 489 g/mol. The number of halogens is 3. The molecule has 0 atom stereocenters. The van der Waals surface area contributed by atoms with Crippen LogP contribution in [0.25, 0.3) is 0 Å². The molecular weight excluding hydrogens is 471 g/mol. The number of nitro groups is 1. The normalized spacial score (nSPS) is 15.3. The number of alkyl halides is 3. The number of nitro benzene ring substituents is 1. The number of aromatic carboxylic acids is 1. The summed E-state index contributed by atoms with van der Waals surface area (Å²) in [5.74, 6) is -1.38. The molecule has 1 heterocycles. The van der Waals surface area contributed by atoms with Gasteiger partial charge in [0.2, 0.25) is 10.0 Å². The molecule has 10 nitrogen and oxygen atoms in total. The van der Waals surface area contributed by atoms with Gasteiger partial charge in [0.15, 0.2) is 0 Å². The summed E-state index contributed by atoms with van der Waals surface area (Å²) in [6.45, 7) is -0.347. The van der Waals surface area contributed by atoms with E-state index < -0.39 is 38.3 Å². The largest absolute Gasteiger partial charge is 0.495 e. The first-order chi connectivity index (χ1) is 15.4. The number of hydrogen-bond acceptors (Lipinski definition) is 7. The van der Waals surface area contributed by atoms with Crippen molar-refractivity contribution in [3.63, 3.8) is 0 Å². The molecule has 0 unspecified atom stereocenters. The van der Waals surface area contributed by atoms with Crippen LogP contribution in [0.3, 0.4) is 0 Å². The summed E-state index contributed by atoms with van der Waals surface area (Å²) in [6.07, 6.45) is -4.75. The fourth-order valence-corrected chi connectivity index (χ4v) is 5.04. The van der Waals surface area contributed by atoms with Crippen LogP contribution in [0, 0.1) is 10.1 Å². The molecule has 0 radical (unpaired) electrons. The van der Waals surface area contributed by atoms with Crippen LogP contribution in [-0.4, -0.2) is 62.0 Å². The van der Waals surface area contributed by atoms with E-state index in [9.17, 15) is 36.5 Å². The molecule has 178 valence electrons. The maximum absolute atomic E-state index is 13.1. The summed E-state index contributed by atoms with van der Waals surface area (Å²) in [7, 11) is -2.95. The van der Waals surface area contributed by atoms with Gasteiger partial charge in [0.25, 0.3) is 5.69 Å². The zero-order valence-corrected chi connectivity index (χ0v) is 17.9. The summed E-state index contributed by atoms with van der Waals surface area (Å²) < 4.78 is 71.1. The minimum absolute atomic E-state index is 0.0353. The van der Waals surface area contributed by atoms with Crippen molar-refractivity contribution in [2.45, 2.75) is 11.1 Å². The summed E-state index contributed by atoms with van der Waals surface area (Å²) in [5, 5.41) is 20.5. The predicted octanol–water partition coefficient (Wildman–Crippen LogP) is 2.83. The Morgan fingerprint density at radius 3 is 2.27 bits per heavy atom. The number of methoxy groups -OCH3 is 1. The van der Waals surface area contributed by atoms with E-state index >= 15 is 0 Å². The number of carboxylic acid groups (broad SMARTS) is 1. The van der Waals surface area contributed by atoms with Gasteiger partial charge in [-0.1, -0.05) is 0 Å². The maximum atomic E-state index is 13.1. The van der Waals surface area contributed by atoms with Crippen molar-refractivity contribution < 1.29 is 41.2 Å². The molecule has 0 saturated carbocycles. The smallest absolute Gasteiger partial charge is 0.416 e. The average Bonchev–Trinajstić information content (AvgIpc) is 2.77. The van der Waals surface area contributed by atoms with Crippen molar-refractivity contribution in [2.75, 3.05) is 38.2 Å². The number of sulfonamides is 1. The molecule has 14 heteroatoms. The van der Waals surface area contributed by atoms with Gasteiger partial charge in [0.1, 0.15) is 16.3 Å². The van der Waals surface area contributed by atoms with E-state index in [1.165, 1.54) is 24.1 Å².